The summed E-state index contributed by atoms with van der Waals surface area (Å²) in [5.41, 5.74) is 7.39. The van der Waals surface area contributed by atoms with Gasteiger partial charge in [0.15, 0.2) is 0 Å². The molecule has 5 nitrogen and oxygen atoms in total. The molecule has 0 saturated carbocycles. The lowest BCUT2D eigenvalue weighted by Gasteiger charge is -2.20. The van der Waals surface area contributed by atoms with Gasteiger partial charge in [0, 0.05) is 19.6 Å². The number of ether oxygens (including phenoxy) is 1. The minimum atomic E-state index is -0.374. The summed E-state index contributed by atoms with van der Waals surface area (Å²) < 4.78 is 10.4. The summed E-state index contributed by atoms with van der Waals surface area (Å²) in [4.78, 5) is 13.8. The van der Waals surface area contributed by atoms with Crippen LogP contribution in [-0.4, -0.2) is 31.1 Å². The Morgan fingerprint density at radius 2 is 1.96 bits per heavy atom. The summed E-state index contributed by atoms with van der Waals surface area (Å²) in [7, 11) is 1.37. The van der Waals surface area contributed by atoms with Crippen molar-refractivity contribution in [3.63, 3.8) is 0 Å². The number of rotatable bonds is 7. The lowest BCUT2D eigenvalue weighted by molar-refractivity contribution is 0.0599. The minimum Gasteiger partial charge on any atom is -0.465 e. The number of aryl methyl sites for hydroxylation is 1. The fraction of sp³-hybridized carbons (Fsp3) is 0.353. The Kier molecular flexibility index (Phi) is 7.81. The van der Waals surface area contributed by atoms with E-state index in [1.807, 2.05) is 18.2 Å². The average molecular weight is 339 g/mol. The van der Waals surface area contributed by atoms with E-state index in [9.17, 15) is 4.79 Å². The molecular weight excluding hydrogens is 316 g/mol. The molecule has 0 radical (unpaired) electrons. The van der Waals surface area contributed by atoms with Crippen LogP contribution < -0.4 is 5.73 Å². The lowest BCUT2D eigenvalue weighted by atomic mass is 10.2. The lowest BCUT2D eigenvalue weighted by Crippen LogP contribution is -2.28. The Hall–Kier alpha value is -1.82. The average Bonchev–Trinajstić information content (AvgIpc) is 2.88. The van der Waals surface area contributed by atoms with Gasteiger partial charge in [-0.15, -0.1) is 12.4 Å². The highest BCUT2D eigenvalue weighted by atomic mass is 35.5. The maximum Gasteiger partial charge on any atom is 0.341 e. The summed E-state index contributed by atoms with van der Waals surface area (Å²) in [6.45, 7) is 4.47. The number of methoxy groups -OCH3 is 1. The number of furan rings is 1. The van der Waals surface area contributed by atoms with Gasteiger partial charge < -0.3 is 14.9 Å². The molecule has 1 aromatic heterocycles. The van der Waals surface area contributed by atoms with Crippen molar-refractivity contribution < 1.29 is 13.9 Å². The Labute approximate surface area is 142 Å². The van der Waals surface area contributed by atoms with Crippen LogP contribution >= 0.6 is 12.4 Å². The van der Waals surface area contributed by atoms with Crippen molar-refractivity contribution in [2.45, 2.75) is 20.0 Å². The molecule has 23 heavy (non-hydrogen) atoms. The zero-order valence-corrected chi connectivity index (χ0v) is 14.3. The second-order valence-electron chi connectivity index (χ2n) is 5.16. The van der Waals surface area contributed by atoms with E-state index < -0.39 is 0 Å². The van der Waals surface area contributed by atoms with Gasteiger partial charge in [0.25, 0.3) is 0 Å². The second-order valence-corrected chi connectivity index (χ2v) is 5.16. The van der Waals surface area contributed by atoms with Gasteiger partial charge in [0.05, 0.1) is 13.7 Å². The first kappa shape index (κ1) is 19.2. The van der Waals surface area contributed by atoms with Crippen molar-refractivity contribution >= 4 is 18.4 Å². The van der Waals surface area contributed by atoms with Gasteiger partial charge in [0.1, 0.15) is 17.1 Å². The zero-order chi connectivity index (χ0) is 15.9. The van der Waals surface area contributed by atoms with Crippen molar-refractivity contribution in [1.82, 2.24) is 4.90 Å². The standard InChI is InChI=1S/C17H22N2O3.ClH/c1-13-16(17(20)21-2)10-15(22-13)12-19(9-8-18)11-14-6-4-3-5-7-14;/h3-7,10H,8-9,11-12,18H2,1-2H3;1H. The van der Waals surface area contributed by atoms with Crippen LogP contribution in [0, 0.1) is 6.92 Å². The molecule has 1 heterocycles. The molecule has 2 rings (SSSR count). The molecule has 1 aromatic carbocycles. The van der Waals surface area contributed by atoms with Crippen LogP contribution in [0.15, 0.2) is 40.8 Å². The van der Waals surface area contributed by atoms with Gasteiger partial charge in [-0.05, 0) is 18.6 Å². The SMILES string of the molecule is COC(=O)c1cc(CN(CCN)Cc2ccccc2)oc1C.Cl. The number of nitrogens with two attached hydrogens (primary N) is 1. The highest BCUT2D eigenvalue weighted by molar-refractivity contribution is 5.90. The number of hydrogen-bond acceptors (Lipinski definition) is 5. The molecule has 0 amide bonds. The van der Waals surface area contributed by atoms with Gasteiger partial charge >= 0.3 is 5.97 Å². The van der Waals surface area contributed by atoms with Gasteiger partial charge in [0.2, 0.25) is 0 Å². The fourth-order valence-corrected chi connectivity index (χ4v) is 2.39. The first-order chi connectivity index (χ1) is 10.6. The Bertz CT molecular complexity index is 614. The topological polar surface area (TPSA) is 68.7 Å². The van der Waals surface area contributed by atoms with Gasteiger partial charge in [-0.1, -0.05) is 30.3 Å². The van der Waals surface area contributed by atoms with Crippen molar-refractivity contribution in [3.05, 3.63) is 59.0 Å². The highest BCUT2D eigenvalue weighted by Crippen LogP contribution is 2.18. The molecule has 2 aromatic rings. The number of halogens is 1. The van der Waals surface area contributed by atoms with Gasteiger partial charge in [-0.3, -0.25) is 4.90 Å². The molecule has 0 aliphatic rings. The fourth-order valence-electron chi connectivity index (χ4n) is 2.39. The van der Waals surface area contributed by atoms with E-state index in [4.69, 9.17) is 14.9 Å². The molecule has 0 spiro atoms. The van der Waals surface area contributed by atoms with Crippen LogP contribution in [-0.2, 0) is 17.8 Å². The number of carbonyl (C=O) groups excluding carboxylic acids is 1. The number of esters is 1. The third-order valence-electron chi connectivity index (χ3n) is 3.45. The first-order valence-corrected chi connectivity index (χ1v) is 7.28. The predicted octanol–water partition coefficient (Wildman–Crippen LogP) is 2.76. The van der Waals surface area contributed by atoms with E-state index in [1.165, 1.54) is 12.7 Å². The summed E-state index contributed by atoms with van der Waals surface area (Å²) in [5, 5.41) is 0. The van der Waals surface area contributed by atoms with E-state index >= 15 is 0 Å². The molecule has 126 valence electrons. The van der Waals surface area contributed by atoms with Crippen LogP contribution in [0.5, 0.6) is 0 Å². The molecule has 0 fully saturated rings. The molecule has 0 atom stereocenters. The van der Waals surface area contributed by atoms with E-state index in [0.717, 1.165) is 18.8 Å². The quantitative estimate of drug-likeness (QED) is 0.786. The van der Waals surface area contributed by atoms with Crippen molar-refractivity contribution in [2.75, 3.05) is 20.2 Å². The molecule has 0 saturated heterocycles. The molecular formula is C17H23ClN2O3. The third kappa shape index (κ3) is 5.39. The zero-order valence-electron chi connectivity index (χ0n) is 13.5. The first-order valence-electron chi connectivity index (χ1n) is 7.28. The Morgan fingerprint density at radius 1 is 1.26 bits per heavy atom. The van der Waals surface area contributed by atoms with Crippen LogP contribution in [0.2, 0.25) is 0 Å². The predicted molar refractivity (Wildman–Crippen MR) is 91.6 cm³/mol. The number of hydrogen-bond donors (Lipinski definition) is 1. The third-order valence-corrected chi connectivity index (χ3v) is 3.45. The van der Waals surface area contributed by atoms with Crippen LogP contribution in [0.1, 0.15) is 27.4 Å². The Morgan fingerprint density at radius 3 is 2.57 bits per heavy atom. The normalized spacial score (nSPS) is 10.4. The maximum atomic E-state index is 11.6. The highest BCUT2D eigenvalue weighted by Gasteiger charge is 2.17. The van der Waals surface area contributed by atoms with Crippen LogP contribution in [0.3, 0.4) is 0 Å². The van der Waals surface area contributed by atoms with Gasteiger partial charge in [-0.2, -0.15) is 0 Å². The number of carbonyl (C=O) groups is 1. The van der Waals surface area contributed by atoms with E-state index in [-0.39, 0.29) is 18.4 Å². The largest absolute Gasteiger partial charge is 0.465 e. The number of benzene rings is 1. The minimum absolute atomic E-state index is 0. The molecule has 0 aliphatic heterocycles. The van der Waals surface area contributed by atoms with E-state index in [0.29, 0.717) is 24.4 Å². The molecule has 0 unspecified atom stereocenters. The monoisotopic (exact) mass is 338 g/mol. The van der Waals surface area contributed by atoms with E-state index in [1.54, 1.807) is 13.0 Å². The summed E-state index contributed by atoms with van der Waals surface area (Å²) >= 11 is 0. The number of nitrogens with zero attached hydrogens (tertiary/aromatic N) is 1. The van der Waals surface area contributed by atoms with Crippen LogP contribution in [0.4, 0.5) is 0 Å². The Balaban J connectivity index is 0.00000264. The van der Waals surface area contributed by atoms with Crippen molar-refractivity contribution in [2.24, 2.45) is 5.73 Å². The summed E-state index contributed by atoms with van der Waals surface area (Å²) in [5.74, 6) is 0.942. The molecule has 0 aliphatic carbocycles. The van der Waals surface area contributed by atoms with Crippen molar-refractivity contribution in [3.8, 4) is 0 Å². The van der Waals surface area contributed by atoms with Crippen molar-refractivity contribution in [1.29, 1.82) is 0 Å². The second kappa shape index (κ2) is 9.35. The summed E-state index contributed by atoms with van der Waals surface area (Å²) in [6, 6.07) is 11.9. The van der Waals surface area contributed by atoms with Gasteiger partial charge in [-0.25, -0.2) is 4.79 Å². The van der Waals surface area contributed by atoms with Crippen LogP contribution in [0.25, 0.3) is 0 Å². The smallest absolute Gasteiger partial charge is 0.341 e. The molecule has 0 bridgehead atoms. The maximum absolute atomic E-state index is 11.6. The molecule has 2 N–H and O–H groups in total. The summed E-state index contributed by atoms with van der Waals surface area (Å²) in [6.07, 6.45) is 0. The van der Waals surface area contributed by atoms with E-state index in [2.05, 4.69) is 17.0 Å². The molecule has 6 heteroatoms.